The molecule has 0 radical (unpaired) electrons. The zero-order valence-electron chi connectivity index (χ0n) is 12.3. The summed E-state index contributed by atoms with van der Waals surface area (Å²) in [6.07, 6.45) is 3.59. The highest BCUT2D eigenvalue weighted by Crippen LogP contribution is 2.49. The second-order valence-corrected chi connectivity index (χ2v) is 7.36. The van der Waals surface area contributed by atoms with Crippen molar-refractivity contribution in [3.63, 3.8) is 0 Å². The molecule has 0 fully saturated rings. The molecule has 0 spiro atoms. The molecule has 0 saturated heterocycles. The molecule has 130 valence electrons. The van der Waals surface area contributed by atoms with Gasteiger partial charge in [-0.05, 0) is 19.1 Å². The number of nitrogens with zero attached hydrogens (tertiary/aromatic N) is 3. The summed E-state index contributed by atoms with van der Waals surface area (Å²) in [6.45, 7) is 0.983. The summed E-state index contributed by atoms with van der Waals surface area (Å²) >= 11 is 0.682. The average molecular weight is 374 g/mol. The summed E-state index contributed by atoms with van der Waals surface area (Å²) in [4.78, 5) is 40.9. The fourth-order valence-corrected chi connectivity index (χ4v) is 5.05. The molecule has 0 saturated carbocycles. The number of Topliss-reactive ketones (excluding diaryl/α,β-unsaturated/α-hetero) is 1. The summed E-state index contributed by atoms with van der Waals surface area (Å²) in [7, 11) is -4.46. The van der Waals surface area contributed by atoms with Crippen molar-refractivity contribution < 1.29 is 22.8 Å². The van der Waals surface area contributed by atoms with Crippen molar-refractivity contribution in [3.05, 3.63) is 12.2 Å². The van der Waals surface area contributed by atoms with Crippen LogP contribution in [0.1, 0.15) is 6.92 Å². The van der Waals surface area contributed by atoms with Crippen molar-refractivity contribution in [3.8, 4) is 0 Å². The first-order chi connectivity index (χ1) is 11.0. The molecule has 2 aliphatic rings. The lowest BCUT2D eigenvalue weighted by molar-refractivity contribution is -0.149. The SMILES string of the molecule is CC(=O)C(C(N)=O)(C1SC=NN1S(N)(=O)=O)C1(C(N)=O)C=CC=N1. The molecule has 3 unspecified atom stereocenters. The number of aliphatic imine (C=N–C) groups is 1. The number of ketones is 1. The smallest absolute Gasteiger partial charge is 0.314 e. The number of carbonyl (C=O) groups is 3. The first-order valence-corrected chi connectivity index (χ1v) is 8.80. The van der Waals surface area contributed by atoms with Crippen molar-refractivity contribution in [1.82, 2.24) is 4.41 Å². The van der Waals surface area contributed by atoms with Crippen LogP contribution in [-0.4, -0.2) is 53.1 Å². The number of hydrazone groups is 1. The van der Waals surface area contributed by atoms with Crippen LogP contribution in [0.5, 0.6) is 0 Å². The Morgan fingerprint density at radius 2 is 1.96 bits per heavy atom. The van der Waals surface area contributed by atoms with Gasteiger partial charge in [0.1, 0.15) is 5.37 Å². The molecule has 13 heteroatoms. The van der Waals surface area contributed by atoms with Crippen LogP contribution in [0.25, 0.3) is 0 Å². The lowest BCUT2D eigenvalue weighted by atomic mass is 9.65. The predicted octanol–water partition coefficient (Wildman–Crippen LogP) is -2.57. The monoisotopic (exact) mass is 374 g/mol. The third-order valence-electron chi connectivity index (χ3n) is 3.80. The van der Waals surface area contributed by atoms with Crippen molar-refractivity contribution in [1.29, 1.82) is 0 Å². The molecular formula is C11H14N6O5S2. The highest BCUT2D eigenvalue weighted by atomic mass is 32.2. The summed E-state index contributed by atoms with van der Waals surface area (Å²) in [5.41, 5.74) is 7.28. The number of primary amides is 2. The highest BCUT2D eigenvalue weighted by molar-refractivity contribution is 8.13. The number of carbonyl (C=O) groups excluding carboxylic acids is 3. The maximum Gasteiger partial charge on any atom is 0.314 e. The minimum absolute atomic E-state index is 0.343. The fourth-order valence-electron chi connectivity index (χ4n) is 2.78. The van der Waals surface area contributed by atoms with Crippen molar-refractivity contribution >= 4 is 51.3 Å². The van der Waals surface area contributed by atoms with Gasteiger partial charge in [0.25, 0.3) is 5.91 Å². The standard InChI is InChI=1S/C11H14N6O5S2/c1-6(18)11(8(13)20,10(7(12)19)3-2-4-15-10)9-17(16-5-23-9)24(14,21)22/h2-5,9H,1H3,(H2,12,19)(H2,13,20)(H2,14,21,22). The van der Waals surface area contributed by atoms with E-state index in [-0.39, 0.29) is 0 Å². The van der Waals surface area contributed by atoms with Crippen molar-refractivity contribution in [2.75, 3.05) is 0 Å². The zero-order valence-corrected chi connectivity index (χ0v) is 14.0. The van der Waals surface area contributed by atoms with Crippen molar-refractivity contribution in [2.45, 2.75) is 17.8 Å². The second-order valence-electron chi connectivity index (χ2n) is 5.02. The van der Waals surface area contributed by atoms with Gasteiger partial charge in [-0.3, -0.25) is 19.4 Å². The minimum Gasteiger partial charge on any atom is -0.369 e. The molecule has 2 aliphatic heterocycles. The first-order valence-electron chi connectivity index (χ1n) is 6.35. The molecule has 3 atom stereocenters. The van der Waals surface area contributed by atoms with E-state index < -0.39 is 44.1 Å². The summed E-state index contributed by atoms with van der Waals surface area (Å²) in [6, 6.07) is 0. The quantitative estimate of drug-likeness (QED) is 0.428. The van der Waals surface area contributed by atoms with E-state index in [4.69, 9.17) is 16.6 Å². The van der Waals surface area contributed by atoms with Crippen LogP contribution >= 0.6 is 11.8 Å². The average Bonchev–Trinajstić information content (AvgIpc) is 3.07. The van der Waals surface area contributed by atoms with Gasteiger partial charge in [0, 0.05) is 6.21 Å². The summed E-state index contributed by atoms with van der Waals surface area (Å²) in [5.74, 6) is -3.34. The third kappa shape index (κ3) is 2.23. The van der Waals surface area contributed by atoms with E-state index in [0.29, 0.717) is 16.2 Å². The van der Waals surface area contributed by atoms with E-state index in [1.807, 2.05) is 0 Å². The Labute approximate surface area is 141 Å². The van der Waals surface area contributed by atoms with E-state index in [1.165, 1.54) is 6.08 Å². The largest absolute Gasteiger partial charge is 0.369 e. The molecule has 2 rings (SSSR count). The Morgan fingerprint density at radius 3 is 2.33 bits per heavy atom. The number of rotatable bonds is 6. The molecular weight excluding hydrogens is 360 g/mol. The van der Waals surface area contributed by atoms with E-state index in [9.17, 15) is 22.8 Å². The predicted molar refractivity (Wildman–Crippen MR) is 86.7 cm³/mol. The lowest BCUT2D eigenvalue weighted by Crippen LogP contribution is -2.70. The van der Waals surface area contributed by atoms with Crippen molar-refractivity contribution in [2.24, 2.45) is 32.1 Å². The number of allylic oxidation sites excluding steroid dienone is 1. The van der Waals surface area contributed by atoms with Crippen LogP contribution in [0, 0.1) is 5.41 Å². The number of nitrogens with two attached hydrogens (primary N) is 3. The van der Waals surface area contributed by atoms with Crippen LogP contribution in [0.2, 0.25) is 0 Å². The maximum absolute atomic E-state index is 12.5. The van der Waals surface area contributed by atoms with Crippen LogP contribution in [0.15, 0.2) is 22.2 Å². The molecule has 11 nitrogen and oxygen atoms in total. The normalized spacial score (nSPS) is 28.1. The van der Waals surface area contributed by atoms with Gasteiger partial charge in [0.05, 0.1) is 5.55 Å². The maximum atomic E-state index is 12.5. The lowest BCUT2D eigenvalue weighted by Gasteiger charge is -2.44. The topological polar surface area (TPSA) is 191 Å². The third-order valence-corrected chi connectivity index (χ3v) is 5.79. The van der Waals surface area contributed by atoms with Gasteiger partial charge in [-0.1, -0.05) is 11.8 Å². The minimum atomic E-state index is -4.46. The van der Waals surface area contributed by atoms with E-state index in [0.717, 1.165) is 24.8 Å². The van der Waals surface area contributed by atoms with Crippen LogP contribution in [0.3, 0.4) is 0 Å². The van der Waals surface area contributed by atoms with Gasteiger partial charge in [0.2, 0.25) is 5.91 Å². The van der Waals surface area contributed by atoms with Gasteiger partial charge in [-0.15, -0.1) is 0 Å². The van der Waals surface area contributed by atoms with E-state index >= 15 is 0 Å². The molecule has 24 heavy (non-hydrogen) atoms. The molecule has 2 amide bonds. The number of amides is 2. The van der Waals surface area contributed by atoms with Gasteiger partial charge >= 0.3 is 10.2 Å². The number of thioether (sulfide) groups is 1. The van der Waals surface area contributed by atoms with Gasteiger partial charge in [0.15, 0.2) is 16.7 Å². The molecule has 0 bridgehead atoms. The molecule has 0 aliphatic carbocycles. The molecule has 0 aromatic heterocycles. The molecule has 0 aromatic carbocycles. The van der Waals surface area contributed by atoms with Gasteiger partial charge in [-0.25, -0.2) is 5.14 Å². The summed E-state index contributed by atoms with van der Waals surface area (Å²) in [5, 5.41) is 7.07. The van der Waals surface area contributed by atoms with E-state index in [2.05, 4.69) is 10.1 Å². The van der Waals surface area contributed by atoms with Crippen LogP contribution < -0.4 is 16.6 Å². The Morgan fingerprint density at radius 1 is 1.33 bits per heavy atom. The first kappa shape index (κ1) is 18.1. The van der Waals surface area contributed by atoms with E-state index in [1.54, 1.807) is 0 Å². The number of hydrogen-bond donors (Lipinski definition) is 3. The van der Waals surface area contributed by atoms with Crippen LogP contribution in [-0.2, 0) is 24.6 Å². The molecule has 6 N–H and O–H groups in total. The fraction of sp³-hybridized carbons (Fsp3) is 0.364. The Hall–Kier alpha value is -2.25. The highest BCUT2D eigenvalue weighted by Gasteiger charge is 2.69. The summed E-state index contributed by atoms with van der Waals surface area (Å²) < 4.78 is 23.9. The molecule has 2 heterocycles. The van der Waals surface area contributed by atoms with Gasteiger partial charge < -0.3 is 11.5 Å². The second kappa shape index (κ2) is 5.68. The van der Waals surface area contributed by atoms with Crippen LogP contribution in [0.4, 0.5) is 0 Å². The Kier molecular flexibility index (Phi) is 4.28. The Balaban J connectivity index is 2.82. The van der Waals surface area contributed by atoms with Gasteiger partial charge in [-0.2, -0.15) is 17.9 Å². The Bertz CT molecular complexity index is 776. The molecule has 0 aromatic rings. The zero-order chi connectivity index (χ0) is 18.3. The number of hydrogen-bond acceptors (Lipinski definition) is 8.